The maximum atomic E-state index is 12.6. The molecule has 0 heterocycles. The Kier molecular flexibility index (Phi) is 3.29. The number of hydrogen-bond donors (Lipinski definition) is 0. The average Bonchev–Trinajstić information content (AvgIpc) is 1.94. The highest BCUT2D eigenvalue weighted by Gasteiger charge is 2.01. The van der Waals surface area contributed by atoms with Crippen LogP contribution < -0.4 is 0 Å². The Morgan fingerprint density at radius 3 is 2.75 bits per heavy atom. The molecule has 0 N–H and O–H groups in total. The molecule has 1 aromatic rings. The predicted molar refractivity (Wildman–Crippen MR) is 53.2 cm³/mol. The van der Waals surface area contributed by atoms with Crippen LogP contribution in [0.2, 0.25) is 5.02 Å². The van der Waals surface area contributed by atoms with Crippen LogP contribution in [0.5, 0.6) is 0 Å². The minimum atomic E-state index is -0.316. The van der Waals surface area contributed by atoms with Crippen LogP contribution in [0.25, 0.3) is 0 Å². The molecule has 3 heteroatoms. The second-order valence-electron chi connectivity index (χ2n) is 2.43. The van der Waals surface area contributed by atoms with Gasteiger partial charge in [-0.3, -0.25) is 0 Å². The molecule has 0 unspecified atom stereocenters. The molecule has 0 amide bonds. The lowest BCUT2D eigenvalue weighted by atomic mass is 10.1. The van der Waals surface area contributed by atoms with Crippen molar-refractivity contribution in [1.29, 1.82) is 0 Å². The summed E-state index contributed by atoms with van der Waals surface area (Å²) in [6.45, 7) is 3.68. The van der Waals surface area contributed by atoms with Gasteiger partial charge in [-0.2, -0.15) is 0 Å². The number of benzene rings is 1. The summed E-state index contributed by atoms with van der Waals surface area (Å²) in [6.07, 6.45) is 0.624. The minimum absolute atomic E-state index is 0.316. The maximum Gasteiger partial charge on any atom is 0.124 e. The van der Waals surface area contributed by atoms with Gasteiger partial charge in [0.05, 0.1) is 0 Å². The molecule has 12 heavy (non-hydrogen) atoms. The van der Waals surface area contributed by atoms with Gasteiger partial charge in [-0.15, -0.1) is 0 Å². The molecule has 0 spiro atoms. The summed E-state index contributed by atoms with van der Waals surface area (Å²) in [6, 6.07) is 4.34. The Balaban J connectivity index is 2.93. The Morgan fingerprint density at radius 2 is 2.25 bits per heavy atom. The maximum absolute atomic E-state index is 12.6. The molecule has 0 aromatic heterocycles. The Hall–Kier alpha value is -0.340. The van der Waals surface area contributed by atoms with E-state index in [1.54, 1.807) is 6.07 Å². The van der Waals surface area contributed by atoms with Crippen LogP contribution in [0, 0.1) is 5.82 Å². The lowest BCUT2D eigenvalue weighted by Gasteiger charge is -2.01. The summed E-state index contributed by atoms with van der Waals surface area (Å²) >= 11 is 8.99. The van der Waals surface area contributed by atoms with E-state index in [-0.39, 0.29) is 5.82 Å². The van der Waals surface area contributed by atoms with E-state index in [0.717, 1.165) is 10.0 Å². The van der Waals surface area contributed by atoms with Gasteiger partial charge in [-0.25, -0.2) is 4.39 Å². The van der Waals surface area contributed by atoms with Crippen LogP contribution in [-0.2, 0) is 6.42 Å². The van der Waals surface area contributed by atoms with Gasteiger partial charge in [0.2, 0.25) is 0 Å². The Labute approximate surface area is 84.2 Å². The highest BCUT2D eigenvalue weighted by atomic mass is 79.9. The molecular weight excluding hydrogens is 242 g/mol. The summed E-state index contributed by atoms with van der Waals surface area (Å²) in [5, 5.41) is 0.440. The first-order valence-corrected chi connectivity index (χ1v) is 4.54. The second kappa shape index (κ2) is 4.06. The van der Waals surface area contributed by atoms with Crippen molar-refractivity contribution in [2.75, 3.05) is 0 Å². The van der Waals surface area contributed by atoms with Gasteiger partial charge in [-0.05, 0) is 22.2 Å². The van der Waals surface area contributed by atoms with Crippen molar-refractivity contribution in [3.05, 3.63) is 45.7 Å². The van der Waals surface area contributed by atoms with E-state index in [4.69, 9.17) is 11.6 Å². The van der Waals surface area contributed by atoms with Crippen LogP contribution in [0.15, 0.2) is 29.3 Å². The second-order valence-corrected chi connectivity index (χ2v) is 3.96. The number of rotatable bonds is 2. The van der Waals surface area contributed by atoms with Crippen molar-refractivity contribution in [3.8, 4) is 0 Å². The van der Waals surface area contributed by atoms with Crippen molar-refractivity contribution >= 4 is 27.5 Å². The van der Waals surface area contributed by atoms with Crippen molar-refractivity contribution in [3.63, 3.8) is 0 Å². The fraction of sp³-hybridized carbons (Fsp3) is 0.111. The zero-order chi connectivity index (χ0) is 9.14. The third-order valence-corrected chi connectivity index (χ3v) is 2.03. The monoisotopic (exact) mass is 248 g/mol. The molecule has 1 rings (SSSR count). The third-order valence-electron chi connectivity index (χ3n) is 1.40. The van der Waals surface area contributed by atoms with E-state index >= 15 is 0 Å². The fourth-order valence-corrected chi connectivity index (χ4v) is 1.41. The molecule has 0 aliphatic rings. The summed E-state index contributed by atoms with van der Waals surface area (Å²) in [4.78, 5) is 0. The average molecular weight is 250 g/mol. The van der Waals surface area contributed by atoms with E-state index in [2.05, 4.69) is 22.5 Å². The minimum Gasteiger partial charge on any atom is -0.207 e. The first-order chi connectivity index (χ1) is 5.59. The van der Waals surface area contributed by atoms with Crippen LogP contribution in [-0.4, -0.2) is 0 Å². The van der Waals surface area contributed by atoms with E-state index in [0.29, 0.717) is 11.4 Å². The Bertz CT molecular complexity index is 309. The summed E-state index contributed by atoms with van der Waals surface area (Å²) in [5.41, 5.74) is 0.875. The van der Waals surface area contributed by atoms with Crippen LogP contribution >= 0.6 is 27.5 Å². The first-order valence-electron chi connectivity index (χ1n) is 3.37. The van der Waals surface area contributed by atoms with E-state index in [1.165, 1.54) is 12.1 Å². The molecular formula is C9H7BrClF. The zero-order valence-corrected chi connectivity index (χ0v) is 8.62. The van der Waals surface area contributed by atoms with Crippen molar-refractivity contribution < 1.29 is 4.39 Å². The van der Waals surface area contributed by atoms with Gasteiger partial charge in [0.1, 0.15) is 5.82 Å². The fourth-order valence-electron chi connectivity index (χ4n) is 0.872. The van der Waals surface area contributed by atoms with Gasteiger partial charge in [0, 0.05) is 11.4 Å². The lowest BCUT2D eigenvalue weighted by molar-refractivity contribution is 0.627. The van der Waals surface area contributed by atoms with Gasteiger partial charge in [-0.1, -0.05) is 40.2 Å². The largest absolute Gasteiger partial charge is 0.207 e. The van der Waals surface area contributed by atoms with Crippen molar-refractivity contribution in [2.45, 2.75) is 6.42 Å². The molecule has 0 radical (unpaired) electrons. The van der Waals surface area contributed by atoms with E-state index < -0.39 is 0 Å². The first kappa shape index (κ1) is 9.75. The highest BCUT2D eigenvalue weighted by molar-refractivity contribution is 9.11. The predicted octanol–water partition coefficient (Wildman–Crippen LogP) is 3.93. The molecule has 1 aromatic carbocycles. The van der Waals surface area contributed by atoms with Crippen LogP contribution in [0.1, 0.15) is 5.56 Å². The summed E-state index contributed by atoms with van der Waals surface area (Å²) < 4.78 is 13.4. The normalized spacial score (nSPS) is 9.92. The molecule has 0 aliphatic carbocycles. The van der Waals surface area contributed by atoms with Crippen LogP contribution in [0.3, 0.4) is 0 Å². The molecule has 0 saturated carbocycles. The third kappa shape index (κ3) is 2.61. The summed E-state index contributed by atoms with van der Waals surface area (Å²) in [7, 11) is 0. The number of hydrogen-bond acceptors (Lipinski definition) is 0. The smallest absolute Gasteiger partial charge is 0.124 e. The molecule has 0 bridgehead atoms. The quantitative estimate of drug-likeness (QED) is 0.745. The van der Waals surface area contributed by atoms with Crippen molar-refractivity contribution in [1.82, 2.24) is 0 Å². The van der Waals surface area contributed by atoms with E-state index in [9.17, 15) is 4.39 Å². The van der Waals surface area contributed by atoms with E-state index in [1.807, 2.05) is 0 Å². The zero-order valence-electron chi connectivity index (χ0n) is 6.28. The topological polar surface area (TPSA) is 0 Å². The van der Waals surface area contributed by atoms with Crippen LogP contribution in [0.4, 0.5) is 4.39 Å². The number of allylic oxidation sites excluding steroid dienone is 1. The molecule has 0 fully saturated rings. The standard InChI is InChI=1S/C9H7BrClF/c1-6(10)4-7-2-3-8(12)5-9(7)11/h2-3,5H,1,4H2. The number of halogens is 3. The SMILES string of the molecule is C=C(Br)Cc1ccc(F)cc1Cl. The molecule has 0 saturated heterocycles. The molecule has 0 nitrogen and oxygen atoms in total. The lowest BCUT2D eigenvalue weighted by Crippen LogP contribution is -1.86. The van der Waals surface area contributed by atoms with Gasteiger partial charge < -0.3 is 0 Å². The van der Waals surface area contributed by atoms with Gasteiger partial charge in [0.15, 0.2) is 0 Å². The molecule has 0 aliphatic heterocycles. The molecule has 0 atom stereocenters. The highest BCUT2D eigenvalue weighted by Crippen LogP contribution is 2.21. The van der Waals surface area contributed by atoms with Gasteiger partial charge in [0.25, 0.3) is 0 Å². The molecule has 64 valence electrons. The van der Waals surface area contributed by atoms with Gasteiger partial charge >= 0.3 is 0 Å². The summed E-state index contributed by atoms with van der Waals surface area (Å²) in [5.74, 6) is -0.316. The Morgan fingerprint density at radius 1 is 1.58 bits per heavy atom. The van der Waals surface area contributed by atoms with Crippen molar-refractivity contribution in [2.24, 2.45) is 0 Å².